The van der Waals surface area contributed by atoms with E-state index in [-0.39, 0.29) is 10.6 Å². The third kappa shape index (κ3) is 4.00. The van der Waals surface area contributed by atoms with Crippen molar-refractivity contribution in [3.63, 3.8) is 0 Å². The fourth-order valence-electron chi connectivity index (χ4n) is 3.11. The van der Waals surface area contributed by atoms with E-state index in [1.54, 1.807) is 28.9 Å². The number of hydrogen-bond donors (Lipinski definition) is 1. The number of ether oxygens (including phenoxy) is 1. The summed E-state index contributed by atoms with van der Waals surface area (Å²) in [5.41, 5.74) is 3.20. The lowest BCUT2D eigenvalue weighted by atomic mass is 10.00. The second-order valence-corrected chi connectivity index (χ2v) is 7.96. The summed E-state index contributed by atoms with van der Waals surface area (Å²) < 4.78 is 65.9. The fraction of sp³-hybridized carbons (Fsp3) is 0.0500. The highest BCUT2D eigenvalue weighted by Crippen LogP contribution is 2.36. The third-order valence-corrected chi connectivity index (χ3v) is 5.30. The topological polar surface area (TPSA) is 86.7 Å². The molecule has 0 saturated heterocycles. The Labute approximate surface area is 169 Å². The van der Waals surface area contributed by atoms with Crippen LogP contribution in [-0.4, -0.2) is 24.4 Å². The van der Waals surface area contributed by atoms with Crippen LogP contribution in [0.2, 0.25) is 0 Å². The summed E-state index contributed by atoms with van der Waals surface area (Å²) in [5, 5.41) is 9.70. The molecule has 0 atom stereocenters. The van der Waals surface area contributed by atoms with Crippen LogP contribution >= 0.6 is 0 Å². The Bertz CT molecular complexity index is 1310. The van der Waals surface area contributed by atoms with Gasteiger partial charge in [-0.25, -0.2) is 18.1 Å². The molecule has 154 valence electrons. The molecule has 0 fully saturated rings. The van der Waals surface area contributed by atoms with E-state index in [9.17, 15) is 21.6 Å². The number of hydrogen-bond acceptors (Lipinski definition) is 4. The van der Waals surface area contributed by atoms with Gasteiger partial charge in [0.2, 0.25) is 10.0 Å². The van der Waals surface area contributed by atoms with Crippen LogP contribution in [0.5, 0.6) is 5.75 Å². The van der Waals surface area contributed by atoms with Crippen molar-refractivity contribution in [2.45, 2.75) is 11.3 Å². The number of benzene rings is 2. The van der Waals surface area contributed by atoms with E-state index in [0.717, 1.165) is 5.52 Å². The SMILES string of the molecule is NS(=O)(=O)c1ccc(-c2c(-c3ccc(OC(F)(F)F)cc3)nn3ccccc23)cc1. The Hall–Kier alpha value is -3.37. The van der Waals surface area contributed by atoms with Crippen LogP contribution < -0.4 is 9.88 Å². The van der Waals surface area contributed by atoms with Crippen molar-refractivity contribution in [3.8, 4) is 28.1 Å². The average molecular weight is 433 g/mol. The van der Waals surface area contributed by atoms with Gasteiger partial charge in [-0.05, 0) is 54.1 Å². The van der Waals surface area contributed by atoms with Gasteiger partial charge in [0.05, 0.1) is 10.4 Å². The molecule has 4 aromatic rings. The number of nitrogens with zero attached hydrogens (tertiary/aromatic N) is 2. The Morgan fingerprint density at radius 1 is 0.900 bits per heavy atom. The highest BCUT2D eigenvalue weighted by Gasteiger charge is 2.31. The summed E-state index contributed by atoms with van der Waals surface area (Å²) in [4.78, 5) is -0.0297. The lowest BCUT2D eigenvalue weighted by Gasteiger charge is -2.09. The number of pyridine rings is 1. The van der Waals surface area contributed by atoms with Gasteiger partial charge in [-0.1, -0.05) is 18.2 Å². The van der Waals surface area contributed by atoms with Crippen LogP contribution in [0.25, 0.3) is 27.9 Å². The number of sulfonamides is 1. The molecule has 0 saturated carbocycles. The summed E-state index contributed by atoms with van der Waals surface area (Å²) in [5.74, 6) is -0.339. The van der Waals surface area contributed by atoms with Gasteiger partial charge in [0.15, 0.2) is 0 Å². The van der Waals surface area contributed by atoms with E-state index in [1.807, 2.05) is 12.1 Å². The molecule has 0 aliphatic rings. The zero-order valence-corrected chi connectivity index (χ0v) is 16.0. The Kier molecular flexibility index (Phi) is 4.75. The van der Waals surface area contributed by atoms with E-state index >= 15 is 0 Å². The third-order valence-electron chi connectivity index (χ3n) is 4.37. The van der Waals surface area contributed by atoms with Gasteiger partial charge in [-0.2, -0.15) is 5.10 Å². The summed E-state index contributed by atoms with van der Waals surface area (Å²) in [6, 6.07) is 16.8. The molecule has 10 heteroatoms. The molecule has 0 radical (unpaired) electrons. The first-order valence-electron chi connectivity index (χ1n) is 8.59. The minimum absolute atomic E-state index is 0.0297. The number of aromatic nitrogens is 2. The van der Waals surface area contributed by atoms with Crippen LogP contribution in [-0.2, 0) is 10.0 Å². The van der Waals surface area contributed by atoms with E-state index in [0.29, 0.717) is 22.4 Å². The minimum Gasteiger partial charge on any atom is -0.406 e. The maximum atomic E-state index is 12.4. The van der Waals surface area contributed by atoms with E-state index in [2.05, 4.69) is 9.84 Å². The van der Waals surface area contributed by atoms with Crippen LogP contribution in [0.4, 0.5) is 13.2 Å². The van der Waals surface area contributed by atoms with Crippen molar-refractivity contribution >= 4 is 15.5 Å². The first-order valence-corrected chi connectivity index (χ1v) is 10.1. The van der Waals surface area contributed by atoms with Crippen LogP contribution in [0.1, 0.15) is 0 Å². The van der Waals surface area contributed by atoms with Crippen molar-refractivity contribution in [1.82, 2.24) is 9.61 Å². The summed E-state index contributed by atoms with van der Waals surface area (Å²) in [6.45, 7) is 0. The predicted molar refractivity (Wildman–Crippen MR) is 104 cm³/mol. The monoisotopic (exact) mass is 433 g/mol. The summed E-state index contributed by atoms with van der Waals surface area (Å²) in [6.07, 6.45) is -3.04. The smallest absolute Gasteiger partial charge is 0.406 e. The molecule has 0 aliphatic carbocycles. The average Bonchev–Trinajstić information content (AvgIpc) is 3.06. The fourth-order valence-corrected chi connectivity index (χ4v) is 3.63. The van der Waals surface area contributed by atoms with Gasteiger partial charge in [0, 0.05) is 17.3 Å². The van der Waals surface area contributed by atoms with Crippen LogP contribution in [0.15, 0.2) is 77.8 Å². The highest BCUT2D eigenvalue weighted by molar-refractivity contribution is 7.89. The number of alkyl halides is 3. The van der Waals surface area contributed by atoms with Crippen molar-refractivity contribution in [2.75, 3.05) is 0 Å². The molecule has 30 heavy (non-hydrogen) atoms. The Morgan fingerprint density at radius 3 is 2.13 bits per heavy atom. The highest BCUT2D eigenvalue weighted by atomic mass is 32.2. The molecular formula is C20H14F3N3O3S. The number of rotatable bonds is 4. The molecular weight excluding hydrogens is 419 g/mol. The van der Waals surface area contributed by atoms with E-state index in [1.165, 1.54) is 36.4 Å². The van der Waals surface area contributed by atoms with Crippen molar-refractivity contribution in [2.24, 2.45) is 5.14 Å². The number of nitrogens with two attached hydrogens (primary N) is 1. The zero-order valence-electron chi connectivity index (χ0n) is 15.2. The first-order chi connectivity index (χ1) is 14.1. The van der Waals surface area contributed by atoms with Gasteiger partial charge in [-0.15, -0.1) is 13.2 Å². The molecule has 2 N–H and O–H groups in total. The molecule has 0 unspecified atom stereocenters. The quantitative estimate of drug-likeness (QED) is 0.522. The maximum Gasteiger partial charge on any atom is 0.573 e. The predicted octanol–water partition coefficient (Wildman–Crippen LogP) is 4.21. The lowest BCUT2D eigenvalue weighted by molar-refractivity contribution is -0.274. The normalized spacial score (nSPS) is 12.3. The second-order valence-electron chi connectivity index (χ2n) is 6.40. The molecule has 0 spiro atoms. The number of halogens is 3. The van der Waals surface area contributed by atoms with Gasteiger partial charge in [-0.3, -0.25) is 0 Å². The van der Waals surface area contributed by atoms with Gasteiger partial charge in [0.1, 0.15) is 11.4 Å². The molecule has 0 aliphatic heterocycles. The first kappa shape index (κ1) is 19.9. The van der Waals surface area contributed by atoms with Gasteiger partial charge < -0.3 is 4.74 Å². The molecule has 2 aromatic heterocycles. The Balaban J connectivity index is 1.83. The molecule has 2 heterocycles. The Morgan fingerprint density at radius 2 is 1.53 bits per heavy atom. The molecule has 6 nitrogen and oxygen atoms in total. The second kappa shape index (κ2) is 7.15. The molecule has 0 amide bonds. The van der Waals surface area contributed by atoms with Crippen LogP contribution in [0, 0.1) is 0 Å². The number of primary sulfonamides is 1. The van der Waals surface area contributed by atoms with Crippen molar-refractivity contribution in [3.05, 3.63) is 72.9 Å². The number of fused-ring (bicyclic) bond motifs is 1. The van der Waals surface area contributed by atoms with E-state index in [4.69, 9.17) is 5.14 Å². The van der Waals surface area contributed by atoms with E-state index < -0.39 is 16.4 Å². The molecule has 0 bridgehead atoms. The standard InChI is InChI=1S/C20H14F3N3O3S/c21-20(22,23)29-15-8-4-14(5-9-15)19-18(17-3-1-2-12-26(17)25-19)13-6-10-16(11-7-13)30(24,27)28/h1-12H,(H2,24,27,28). The van der Waals surface area contributed by atoms with Crippen molar-refractivity contribution < 1.29 is 26.3 Å². The largest absolute Gasteiger partial charge is 0.573 e. The van der Waals surface area contributed by atoms with Crippen molar-refractivity contribution in [1.29, 1.82) is 0 Å². The van der Waals surface area contributed by atoms with Gasteiger partial charge in [0.25, 0.3) is 0 Å². The summed E-state index contributed by atoms with van der Waals surface area (Å²) >= 11 is 0. The molecule has 2 aromatic carbocycles. The summed E-state index contributed by atoms with van der Waals surface area (Å²) in [7, 11) is -3.84. The minimum atomic E-state index is -4.78. The molecule has 4 rings (SSSR count). The maximum absolute atomic E-state index is 12.4. The van der Waals surface area contributed by atoms with Gasteiger partial charge >= 0.3 is 6.36 Å². The van der Waals surface area contributed by atoms with Crippen LogP contribution in [0.3, 0.4) is 0 Å². The zero-order chi connectivity index (χ0) is 21.5. The lowest BCUT2D eigenvalue weighted by Crippen LogP contribution is -2.16.